The van der Waals surface area contributed by atoms with Gasteiger partial charge in [0.25, 0.3) is 0 Å². The van der Waals surface area contributed by atoms with Gasteiger partial charge in [-0.1, -0.05) is 13.0 Å². The second-order valence-electron chi connectivity index (χ2n) is 4.81. The third-order valence-corrected chi connectivity index (χ3v) is 3.12. The van der Waals surface area contributed by atoms with Crippen LogP contribution in [0.4, 0.5) is 4.39 Å². The Hall–Kier alpha value is -1.65. The quantitative estimate of drug-likeness (QED) is 0.581. The molecule has 0 aliphatic carbocycles. The average Bonchev–Trinajstić information content (AvgIpc) is 2.48. The van der Waals surface area contributed by atoms with Crippen LogP contribution in [-0.2, 0) is 0 Å². The fourth-order valence-corrected chi connectivity index (χ4v) is 1.84. The first-order valence-corrected chi connectivity index (χ1v) is 6.86. The number of benzene rings is 1. The van der Waals surface area contributed by atoms with Gasteiger partial charge in [-0.05, 0) is 35.8 Å². The third kappa shape index (κ3) is 5.69. The molecule has 1 rings (SSSR count). The molecule has 0 aliphatic rings. The van der Waals surface area contributed by atoms with Crippen molar-refractivity contribution in [2.45, 2.75) is 38.4 Å². The number of halogens is 1. The Morgan fingerprint density at radius 1 is 1.38 bits per heavy atom. The standard InChI is InChI=1S/C16H21FO4/c1-2-11(8-13(19)10-18)4-3-5-15(20)12-6-7-16(21)14(17)9-12/h3,6-7,9,13,15,18-21H,2,5,8,10H2,1H3/t4?,13-,15-/m1/s1. The number of aromatic hydroxyl groups is 1. The summed E-state index contributed by atoms with van der Waals surface area (Å²) >= 11 is 0. The minimum atomic E-state index is -0.895. The summed E-state index contributed by atoms with van der Waals surface area (Å²) in [5.41, 5.74) is 4.18. The maximum absolute atomic E-state index is 13.2. The summed E-state index contributed by atoms with van der Waals surface area (Å²) in [5, 5.41) is 37.2. The molecule has 5 heteroatoms. The minimum absolute atomic E-state index is 0.239. The minimum Gasteiger partial charge on any atom is -0.505 e. The Morgan fingerprint density at radius 3 is 2.67 bits per heavy atom. The van der Waals surface area contributed by atoms with Crippen LogP contribution in [0.15, 0.2) is 35.6 Å². The van der Waals surface area contributed by atoms with E-state index in [-0.39, 0.29) is 13.0 Å². The number of aliphatic hydroxyl groups is 3. The van der Waals surface area contributed by atoms with Crippen molar-refractivity contribution in [3.05, 3.63) is 47.0 Å². The summed E-state index contributed by atoms with van der Waals surface area (Å²) < 4.78 is 13.2. The van der Waals surface area contributed by atoms with Crippen molar-refractivity contribution in [2.75, 3.05) is 6.61 Å². The van der Waals surface area contributed by atoms with E-state index in [1.807, 2.05) is 6.92 Å². The number of rotatable bonds is 7. The van der Waals surface area contributed by atoms with E-state index in [0.717, 1.165) is 11.6 Å². The van der Waals surface area contributed by atoms with Crippen LogP contribution in [0.5, 0.6) is 5.75 Å². The van der Waals surface area contributed by atoms with Gasteiger partial charge >= 0.3 is 0 Å². The SMILES string of the molecule is CCC(=C=CC[C@@H](O)c1ccc(O)c(F)c1)C[C@@H](O)CO. The second kappa shape index (κ2) is 8.60. The molecule has 0 saturated heterocycles. The van der Waals surface area contributed by atoms with Gasteiger partial charge in [-0.2, -0.15) is 0 Å². The van der Waals surface area contributed by atoms with Gasteiger partial charge in [-0.25, -0.2) is 4.39 Å². The van der Waals surface area contributed by atoms with Crippen LogP contribution in [0, 0.1) is 5.82 Å². The molecule has 0 aliphatic heterocycles. The Morgan fingerprint density at radius 2 is 2.10 bits per heavy atom. The number of aliphatic hydroxyl groups excluding tert-OH is 3. The Bertz CT molecular complexity index is 521. The van der Waals surface area contributed by atoms with Gasteiger partial charge in [0.1, 0.15) is 0 Å². The van der Waals surface area contributed by atoms with Gasteiger partial charge in [0, 0.05) is 12.8 Å². The van der Waals surface area contributed by atoms with E-state index in [1.54, 1.807) is 6.08 Å². The van der Waals surface area contributed by atoms with Crippen LogP contribution in [-0.4, -0.2) is 33.1 Å². The Kier molecular flexibility index (Phi) is 7.12. The number of hydrogen-bond acceptors (Lipinski definition) is 4. The van der Waals surface area contributed by atoms with E-state index in [0.29, 0.717) is 18.4 Å². The maximum atomic E-state index is 13.2. The Labute approximate surface area is 123 Å². The van der Waals surface area contributed by atoms with Crippen molar-refractivity contribution in [1.29, 1.82) is 0 Å². The molecule has 116 valence electrons. The molecular formula is C16H21FO4. The van der Waals surface area contributed by atoms with E-state index >= 15 is 0 Å². The molecule has 0 unspecified atom stereocenters. The highest BCUT2D eigenvalue weighted by Crippen LogP contribution is 2.23. The van der Waals surface area contributed by atoms with E-state index in [4.69, 9.17) is 10.2 Å². The first-order valence-electron chi connectivity index (χ1n) is 6.86. The van der Waals surface area contributed by atoms with Crippen LogP contribution in [0.2, 0.25) is 0 Å². The maximum Gasteiger partial charge on any atom is 0.165 e. The van der Waals surface area contributed by atoms with E-state index < -0.39 is 23.8 Å². The molecule has 0 fully saturated rings. The van der Waals surface area contributed by atoms with Crippen LogP contribution < -0.4 is 0 Å². The van der Waals surface area contributed by atoms with Crippen LogP contribution in [0.1, 0.15) is 37.9 Å². The molecule has 1 aromatic rings. The lowest BCUT2D eigenvalue weighted by Gasteiger charge is -2.09. The first-order chi connectivity index (χ1) is 9.97. The average molecular weight is 296 g/mol. The van der Waals surface area contributed by atoms with Crippen molar-refractivity contribution < 1.29 is 24.8 Å². The van der Waals surface area contributed by atoms with Crippen LogP contribution in [0.3, 0.4) is 0 Å². The predicted molar refractivity (Wildman–Crippen MR) is 77.2 cm³/mol. The third-order valence-electron chi connectivity index (χ3n) is 3.12. The van der Waals surface area contributed by atoms with Gasteiger partial charge in [0.15, 0.2) is 11.6 Å². The molecule has 0 spiro atoms. The second-order valence-corrected chi connectivity index (χ2v) is 4.81. The molecule has 2 atom stereocenters. The van der Waals surface area contributed by atoms with Crippen molar-refractivity contribution >= 4 is 0 Å². The van der Waals surface area contributed by atoms with Crippen molar-refractivity contribution in [1.82, 2.24) is 0 Å². The van der Waals surface area contributed by atoms with Crippen molar-refractivity contribution in [3.63, 3.8) is 0 Å². The highest BCUT2D eigenvalue weighted by atomic mass is 19.1. The molecule has 0 amide bonds. The van der Waals surface area contributed by atoms with Crippen LogP contribution >= 0.6 is 0 Å². The van der Waals surface area contributed by atoms with Crippen molar-refractivity contribution in [3.8, 4) is 5.75 Å². The molecule has 21 heavy (non-hydrogen) atoms. The fraction of sp³-hybridized carbons (Fsp3) is 0.438. The number of phenols is 1. The molecule has 1 aromatic carbocycles. The van der Waals surface area contributed by atoms with E-state index in [2.05, 4.69) is 5.73 Å². The first kappa shape index (κ1) is 17.4. The summed E-state index contributed by atoms with van der Waals surface area (Å²) in [6.45, 7) is 1.60. The lowest BCUT2D eigenvalue weighted by atomic mass is 10.0. The lowest BCUT2D eigenvalue weighted by Crippen LogP contribution is -2.12. The highest BCUT2D eigenvalue weighted by Gasteiger charge is 2.09. The van der Waals surface area contributed by atoms with Crippen molar-refractivity contribution in [2.24, 2.45) is 0 Å². The zero-order chi connectivity index (χ0) is 15.8. The molecule has 0 saturated carbocycles. The Balaban J connectivity index is 2.71. The lowest BCUT2D eigenvalue weighted by molar-refractivity contribution is 0.0950. The zero-order valence-electron chi connectivity index (χ0n) is 12.0. The highest BCUT2D eigenvalue weighted by molar-refractivity contribution is 5.29. The molecule has 0 aromatic heterocycles. The molecule has 0 radical (unpaired) electrons. The summed E-state index contributed by atoms with van der Waals surface area (Å²) in [5.74, 6) is -1.22. The summed E-state index contributed by atoms with van der Waals surface area (Å²) in [6.07, 6.45) is 1.16. The van der Waals surface area contributed by atoms with Gasteiger partial charge in [0.2, 0.25) is 0 Å². The van der Waals surface area contributed by atoms with Gasteiger partial charge < -0.3 is 20.4 Å². The number of hydrogen-bond donors (Lipinski definition) is 4. The van der Waals surface area contributed by atoms with E-state index in [9.17, 15) is 14.6 Å². The summed E-state index contributed by atoms with van der Waals surface area (Å²) in [4.78, 5) is 0. The number of phenolic OH excluding ortho intramolecular Hbond substituents is 1. The molecule has 4 nitrogen and oxygen atoms in total. The normalized spacial score (nSPS) is 13.4. The zero-order valence-corrected chi connectivity index (χ0v) is 12.0. The summed E-state index contributed by atoms with van der Waals surface area (Å²) in [6, 6.07) is 3.74. The molecule has 0 bridgehead atoms. The topological polar surface area (TPSA) is 80.9 Å². The molecular weight excluding hydrogens is 275 g/mol. The smallest absolute Gasteiger partial charge is 0.165 e. The van der Waals surface area contributed by atoms with Gasteiger partial charge in [-0.3, -0.25) is 0 Å². The predicted octanol–water partition coefficient (Wildman–Crippen LogP) is 2.19. The molecule has 4 N–H and O–H groups in total. The van der Waals surface area contributed by atoms with Gasteiger partial charge in [0.05, 0.1) is 18.8 Å². The fourth-order valence-electron chi connectivity index (χ4n) is 1.84. The van der Waals surface area contributed by atoms with Gasteiger partial charge in [-0.15, -0.1) is 5.73 Å². The monoisotopic (exact) mass is 296 g/mol. The molecule has 0 heterocycles. The van der Waals surface area contributed by atoms with Crippen LogP contribution in [0.25, 0.3) is 0 Å². The largest absolute Gasteiger partial charge is 0.505 e. The van der Waals surface area contributed by atoms with E-state index in [1.165, 1.54) is 12.1 Å². The summed E-state index contributed by atoms with van der Waals surface area (Å²) in [7, 11) is 0.